The molecule has 0 amide bonds. The van der Waals surface area contributed by atoms with Crippen LogP contribution in [-0.4, -0.2) is 4.98 Å². The van der Waals surface area contributed by atoms with Gasteiger partial charge in [0.1, 0.15) is 0 Å². The van der Waals surface area contributed by atoms with Crippen molar-refractivity contribution in [3.8, 4) is 0 Å². The molecule has 0 saturated heterocycles. The summed E-state index contributed by atoms with van der Waals surface area (Å²) in [5.74, 6) is 0. The van der Waals surface area contributed by atoms with Crippen LogP contribution in [0.25, 0.3) is 10.9 Å². The Bertz CT molecular complexity index is 452. The van der Waals surface area contributed by atoms with Crippen molar-refractivity contribution in [3.63, 3.8) is 0 Å². The lowest BCUT2D eigenvalue weighted by Gasteiger charge is -2.18. The average Bonchev–Trinajstić information content (AvgIpc) is 2.42. The van der Waals surface area contributed by atoms with E-state index in [1.807, 2.05) is 46.0 Å². The number of nitrogens with zero attached hydrogens (tertiary/aromatic N) is 1. The number of pyridine rings is 1. The zero-order chi connectivity index (χ0) is 14.2. The first-order chi connectivity index (χ1) is 8.57. The molecule has 0 fully saturated rings. The van der Waals surface area contributed by atoms with Crippen molar-refractivity contribution in [1.29, 1.82) is 0 Å². The van der Waals surface area contributed by atoms with Crippen LogP contribution in [0, 0.1) is 0 Å². The van der Waals surface area contributed by atoms with Gasteiger partial charge in [-0.25, -0.2) is 0 Å². The molecule has 18 heavy (non-hydrogen) atoms. The third-order valence-corrected chi connectivity index (χ3v) is 2.46. The molecule has 1 heteroatoms. The topological polar surface area (TPSA) is 12.9 Å². The summed E-state index contributed by atoms with van der Waals surface area (Å²) in [6.45, 7) is 14.6. The summed E-state index contributed by atoms with van der Waals surface area (Å²) >= 11 is 0. The minimum Gasteiger partial charge on any atom is -0.256 e. The second-order valence-corrected chi connectivity index (χ2v) is 4.67. The number of hydrogen-bond donors (Lipinski definition) is 0. The van der Waals surface area contributed by atoms with Gasteiger partial charge in [-0.05, 0) is 23.1 Å². The minimum absolute atomic E-state index is 0.178. The first-order valence-electron chi connectivity index (χ1n) is 6.93. The number of fused-ring (bicyclic) bond motifs is 1. The van der Waals surface area contributed by atoms with Crippen LogP contribution in [0.15, 0.2) is 36.5 Å². The van der Waals surface area contributed by atoms with Crippen molar-refractivity contribution in [2.75, 3.05) is 0 Å². The number of para-hydroxylation sites is 1. The molecule has 1 nitrogen and oxygen atoms in total. The molecule has 0 spiro atoms. The molecule has 1 aromatic heterocycles. The van der Waals surface area contributed by atoms with Crippen LogP contribution in [0.4, 0.5) is 0 Å². The predicted molar refractivity (Wildman–Crippen MR) is 83.1 cm³/mol. The van der Waals surface area contributed by atoms with E-state index < -0.39 is 0 Å². The Balaban J connectivity index is 0.000000659. The maximum Gasteiger partial charge on any atom is 0.0702 e. The predicted octanol–water partition coefficient (Wildman–Crippen LogP) is 5.58. The number of hydrogen-bond acceptors (Lipinski definition) is 1. The summed E-state index contributed by atoms with van der Waals surface area (Å²) in [4.78, 5) is 4.45. The maximum atomic E-state index is 4.45. The van der Waals surface area contributed by atoms with Gasteiger partial charge in [-0.1, -0.05) is 66.7 Å². The van der Waals surface area contributed by atoms with Gasteiger partial charge in [0.25, 0.3) is 0 Å². The molecule has 0 atom stereocenters. The molecule has 0 saturated carbocycles. The van der Waals surface area contributed by atoms with E-state index in [1.165, 1.54) is 10.9 Å². The second-order valence-electron chi connectivity index (χ2n) is 4.67. The molecule has 2 rings (SSSR count). The largest absolute Gasteiger partial charge is 0.256 e. The zero-order valence-corrected chi connectivity index (χ0v) is 12.9. The van der Waals surface area contributed by atoms with Gasteiger partial charge >= 0.3 is 0 Å². The molecule has 0 aliphatic rings. The standard InChI is InChI=1S/C13H15N.2C2H6/c1-13(2,3)11-8-10-6-4-5-7-12(10)14-9-11;2*1-2/h4-9H,1-3H3;2*1-2H3. The van der Waals surface area contributed by atoms with Crippen LogP contribution in [0.5, 0.6) is 0 Å². The van der Waals surface area contributed by atoms with Crippen LogP contribution < -0.4 is 0 Å². The third-order valence-electron chi connectivity index (χ3n) is 2.46. The van der Waals surface area contributed by atoms with Crippen molar-refractivity contribution in [1.82, 2.24) is 4.98 Å². The SMILES string of the molecule is CC.CC.CC(C)(C)c1cnc2ccccc2c1. The highest BCUT2D eigenvalue weighted by molar-refractivity contribution is 5.78. The van der Waals surface area contributed by atoms with Gasteiger partial charge in [-0.3, -0.25) is 4.98 Å². The molecule has 0 aliphatic carbocycles. The highest BCUT2D eigenvalue weighted by Gasteiger charge is 2.13. The Morgan fingerprint density at radius 1 is 0.889 bits per heavy atom. The fraction of sp³-hybridized carbons (Fsp3) is 0.471. The van der Waals surface area contributed by atoms with E-state index in [0.29, 0.717) is 0 Å². The molecular formula is C17H27N. The lowest BCUT2D eigenvalue weighted by molar-refractivity contribution is 0.589. The molecular weight excluding hydrogens is 218 g/mol. The lowest BCUT2D eigenvalue weighted by Crippen LogP contribution is -2.11. The van der Waals surface area contributed by atoms with Gasteiger partial charge in [0.05, 0.1) is 5.52 Å². The Kier molecular flexibility index (Phi) is 7.26. The summed E-state index contributed by atoms with van der Waals surface area (Å²) in [5.41, 5.74) is 2.54. The number of benzene rings is 1. The van der Waals surface area contributed by atoms with Crippen molar-refractivity contribution < 1.29 is 0 Å². The molecule has 0 aliphatic heterocycles. The van der Waals surface area contributed by atoms with Gasteiger partial charge in [-0.15, -0.1) is 0 Å². The molecule has 0 N–H and O–H groups in total. The van der Waals surface area contributed by atoms with Crippen LogP contribution in [0.3, 0.4) is 0 Å². The van der Waals surface area contributed by atoms with Crippen molar-refractivity contribution in [3.05, 3.63) is 42.1 Å². The Hall–Kier alpha value is -1.37. The Morgan fingerprint density at radius 3 is 2.00 bits per heavy atom. The third kappa shape index (κ3) is 4.48. The summed E-state index contributed by atoms with van der Waals surface area (Å²) in [5, 5.41) is 1.22. The lowest BCUT2D eigenvalue weighted by atomic mass is 9.88. The summed E-state index contributed by atoms with van der Waals surface area (Å²) in [6.07, 6.45) is 1.97. The molecule has 0 bridgehead atoms. The average molecular weight is 245 g/mol. The van der Waals surface area contributed by atoms with Crippen molar-refractivity contribution >= 4 is 10.9 Å². The van der Waals surface area contributed by atoms with Gasteiger partial charge in [0, 0.05) is 11.6 Å². The molecule has 0 radical (unpaired) electrons. The van der Waals surface area contributed by atoms with Crippen LogP contribution >= 0.6 is 0 Å². The summed E-state index contributed by atoms with van der Waals surface area (Å²) < 4.78 is 0. The van der Waals surface area contributed by atoms with E-state index in [1.54, 1.807) is 0 Å². The minimum atomic E-state index is 0.178. The first-order valence-corrected chi connectivity index (χ1v) is 6.93. The van der Waals surface area contributed by atoms with Gasteiger partial charge in [0.2, 0.25) is 0 Å². The van der Waals surface area contributed by atoms with Crippen LogP contribution in [-0.2, 0) is 5.41 Å². The fourth-order valence-corrected chi connectivity index (χ4v) is 1.48. The smallest absolute Gasteiger partial charge is 0.0702 e. The molecule has 1 heterocycles. The number of aromatic nitrogens is 1. The van der Waals surface area contributed by atoms with E-state index in [9.17, 15) is 0 Å². The normalized spacial score (nSPS) is 9.94. The van der Waals surface area contributed by atoms with E-state index in [-0.39, 0.29) is 5.41 Å². The quantitative estimate of drug-likeness (QED) is 0.590. The van der Waals surface area contributed by atoms with Crippen molar-refractivity contribution in [2.45, 2.75) is 53.9 Å². The summed E-state index contributed by atoms with van der Waals surface area (Å²) in [7, 11) is 0. The number of rotatable bonds is 0. The van der Waals surface area contributed by atoms with Crippen molar-refractivity contribution in [2.24, 2.45) is 0 Å². The van der Waals surface area contributed by atoms with Crippen LogP contribution in [0.1, 0.15) is 54.0 Å². The highest BCUT2D eigenvalue weighted by Crippen LogP contribution is 2.24. The fourth-order valence-electron chi connectivity index (χ4n) is 1.48. The van der Waals surface area contributed by atoms with E-state index in [4.69, 9.17) is 0 Å². The van der Waals surface area contributed by atoms with Gasteiger partial charge in [0.15, 0.2) is 0 Å². The summed E-state index contributed by atoms with van der Waals surface area (Å²) in [6, 6.07) is 10.4. The second kappa shape index (κ2) is 7.86. The van der Waals surface area contributed by atoms with Gasteiger partial charge in [-0.2, -0.15) is 0 Å². The molecule has 1 aromatic carbocycles. The highest BCUT2D eigenvalue weighted by atomic mass is 14.7. The molecule has 100 valence electrons. The zero-order valence-electron chi connectivity index (χ0n) is 12.9. The monoisotopic (exact) mass is 245 g/mol. The first kappa shape index (κ1) is 16.6. The van der Waals surface area contributed by atoms with Crippen LogP contribution in [0.2, 0.25) is 0 Å². The van der Waals surface area contributed by atoms with Gasteiger partial charge < -0.3 is 0 Å². The Labute approximate surface area is 112 Å². The molecule has 2 aromatic rings. The van der Waals surface area contributed by atoms with E-state index in [2.05, 4.69) is 44.0 Å². The Morgan fingerprint density at radius 2 is 1.44 bits per heavy atom. The van der Waals surface area contributed by atoms with E-state index in [0.717, 1.165) is 5.52 Å². The maximum absolute atomic E-state index is 4.45. The van der Waals surface area contributed by atoms with E-state index >= 15 is 0 Å². The molecule has 0 unspecified atom stereocenters.